The van der Waals surface area contributed by atoms with Gasteiger partial charge in [-0.05, 0) is 37.3 Å². The molecule has 0 spiro atoms. The number of amides is 2. The van der Waals surface area contributed by atoms with Crippen LogP contribution in [0.25, 0.3) is 6.08 Å². The predicted octanol–water partition coefficient (Wildman–Crippen LogP) is 3.39. The molecule has 0 aliphatic carbocycles. The van der Waals surface area contributed by atoms with Crippen LogP contribution in [-0.4, -0.2) is 48.7 Å². The van der Waals surface area contributed by atoms with Crippen molar-refractivity contribution in [2.45, 2.75) is 66.1 Å². The standard InChI is InChI=1S/C25H37N3O4/c1-7-18(5)22(24(30)27-19(6)25(31)32-8-2)28-23(29)21(17(3)4)26-16-12-15-20-13-10-9-11-14-20/h9-19,21-22H,7-8H2,1-6H3,(H,27,30)(H,28,29)/b15-12+,26-16?/t18?,19-,21-,22-/m0/s1. The minimum atomic E-state index is -0.798. The molecule has 2 N–H and O–H groups in total. The first-order valence-electron chi connectivity index (χ1n) is 11.2. The van der Waals surface area contributed by atoms with Crippen LogP contribution in [0, 0.1) is 11.8 Å². The summed E-state index contributed by atoms with van der Waals surface area (Å²) < 4.78 is 4.94. The summed E-state index contributed by atoms with van der Waals surface area (Å²) in [6.45, 7) is 11.1. The Balaban J connectivity index is 2.88. The highest BCUT2D eigenvalue weighted by molar-refractivity contribution is 5.93. The van der Waals surface area contributed by atoms with Gasteiger partial charge in [0.05, 0.1) is 6.61 Å². The number of hydrogen-bond donors (Lipinski definition) is 2. The van der Waals surface area contributed by atoms with Crippen molar-refractivity contribution in [3.05, 3.63) is 42.0 Å². The van der Waals surface area contributed by atoms with Crippen molar-refractivity contribution in [2.24, 2.45) is 16.8 Å². The van der Waals surface area contributed by atoms with Crippen LogP contribution in [-0.2, 0) is 19.1 Å². The van der Waals surface area contributed by atoms with Crippen LogP contribution >= 0.6 is 0 Å². The molecule has 7 nitrogen and oxygen atoms in total. The lowest BCUT2D eigenvalue weighted by atomic mass is 9.96. The molecule has 1 aromatic carbocycles. The molecule has 1 unspecified atom stereocenters. The van der Waals surface area contributed by atoms with Gasteiger partial charge in [0.25, 0.3) is 0 Å². The molecule has 0 aliphatic rings. The summed E-state index contributed by atoms with van der Waals surface area (Å²) in [5.41, 5.74) is 1.04. The first-order chi connectivity index (χ1) is 15.2. The predicted molar refractivity (Wildman–Crippen MR) is 128 cm³/mol. The van der Waals surface area contributed by atoms with Gasteiger partial charge in [-0.2, -0.15) is 0 Å². The summed E-state index contributed by atoms with van der Waals surface area (Å²) in [7, 11) is 0. The number of esters is 1. The molecule has 1 rings (SSSR count). The minimum Gasteiger partial charge on any atom is -0.464 e. The summed E-state index contributed by atoms with van der Waals surface area (Å²) in [4.78, 5) is 42.1. The number of ether oxygens (including phenoxy) is 1. The molecule has 2 amide bonds. The number of carbonyl (C=O) groups is 3. The average Bonchev–Trinajstić information content (AvgIpc) is 2.77. The number of aliphatic imine (C=N–C) groups is 1. The molecule has 7 heteroatoms. The van der Waals surface area contributed by atoms with Gasteiger partial charge in [-0.15, -0.1) is 0 Å². The molecular formula is C25H37N3O4. The Morgan fingerprint density at radius 2 is 1.66 bits per heavy atom. The monoisotopic (exact) mass is 443 g/mol. The third-order valence-corrected chi connectivity index (χ3v) is 5.11. The first-order valence-corrected chi connectivity index (χ1v) is 11.2. The molecule has 0 bridgehead atoms. The highest BCUT2D eigenvalue weighted by Gasteiger charge is 2.31. The number of benzene rings is 1. The third kappa shape index (κ3) is 9.04. The second-order valence-corrected chi connectivity index (χ2v) is 8.11. The Hall–Kier alpha value is -2.96. The fraction of sp³-hybridized carbons (Fsp3) is 0.520. The van der Waals surface area contributed by atoms with Gasteiger partial charge in [0.15, 0.2) is 0 Å². The lowest BCUT2D eigenvalue weighted by molar-refractivity contribution is -0.147. The summed E-state index contributed by atoms with van der Waals surface area (Å²) in [6.07, 6.45) is 5.99. The van der Waals surface area contributed by atoms with E-state index in [4.69, 9.17) is 4.74 Å². The Morgan fingerprint density at radius 1 is 1.00 bits per heavy atom. The number of rotatable bonds is 12. The first kappa shape index (κ1) is 27.1. The van der Waals surface area contributed by atoms with Crippen LogP contribution in [0.2, 0.25) is 0 Å². The Bertz CT molecular complexity index is 790. The fourth-order valence-corrected chi connectivity index (χ4v) is 2.97. The Kier molecular flexibility index (Phi) is 12.0. The van der Waals surface area contributed by atoms with E-state index in [-0.39, 0.29) is 24.3 Å². The number of allylic oxidation sites excluding steroid dienone is 1. The maximum atomic E-state index is 13.0. The van der Waals surface area contributed by atoms with Crippen LogP contribution in [0.4, 0.5) is 0 Å². The average molecular weight is 444 g/mol. The van der Waals surface area contributed by atoms with Crippen LogP contribution in [0.3, 0.4) is 0 Å². The summed E-state index contributed by atoms with van der Waals surface area (Å²) in [5.74, 6) is -1.43. The Morgan fingerprint density at radius 3 is 2.22 bits per heavy atom. The van der Waals surface area contributed by atoms with Gasteiger partial charge in [0.1, 0.15) is 18.1 Å². The number of nitrogens with one attached hydrogen (secondary N) is 2. The van der Waals surface area contributed by atoms with Crippen molar-refractivity contribution < 1.29 is 19.1 Å². The van der Waals surface area contributed by atoms with Crippen molar-refractivity contribution in [3.63, 3.8) is 0 Å². The van der Waals surface area contributed by atoms with Crippen LogP contribution in [0.5, 0.6) is 0 Å². The van der Waals surface area contributed by atoms with Crippen molar-refractivity contribution >= 4 is 30.1 Å². The maximum Gasteiger partial charge on any atom is 0.328 e. The molecule has 1 aromatic rings. The summed E-state index contributed by atoms with van der Waals surface area (Å²) in [5, 5.41) is 5.49. The largest absolute Gasteiger partial charge is 0.464 e. The number of hydrogen-bond acceptors (Lipinski definition) is 5. The molecule has 4 atom stereocenters. The van der Waals surface area contributed by atoms with Crippen molar-refractivity contribution in [3.8, 4) is 0 Å². The lowest BCUT2D eigenvalue weighted by Crippen LogP contribution is -2.55. The SMILES string of the molecule is CCOC(=O)[C@H](C)NC(=O)[C@@H](NC(=O)[C@@H](N=C/C=C/c1ccccc1)C(C)C)C(C)CC. The third-order valence-electron chi connectivity index (χ3n) is 5.11. The topological polar surface area (TPSA) is 96.9 Å². The summed E-state index contributed by atoms with van der Waals surface area (Å²) >= 11 is 0. The van der Waals surface area contributed by atoms with E-state index in [0.717, 1.165) is 5.56 Å². The molecule has 0 saturated heterocycles. The molecule has 0 fully saturated rings. The smallest absolute Gasteiger partial charge is 0.328 e. The van der Waals surface area contributed by atoms with Gasteiger partial charge in [0.2, 0.25) is 11.8 Å². The molecule has 0 radical (unpaired) electrons. The van der Waals surface area contributed by atoms with Crippen LogP contribution in [0.15, 0.2) is 41.4 Å². The summed E-state index contributed by atoms with van der Waals surface area (Å²) in [6, 6.07) is 7.58. The molecular weight excluding hydrogens is 406 g/mol. The van der Waals surface area contributed by atoms with E-state index >= 15 is 0 Å². The van der Waals surface area contributed by atoms with Crippen molar-refractivity contribution in [1.82, 2.24) is 10.6 Å². The fourth-order valence-electron chi connectivity index (χ4n) is 2.97. The zero-order chi connectivity index (χ0) is 24.1. The van der Waals surface area contributed by atoms with Crippen LogP contribution in [0.1, 0.15) is 53.5 Å². The molecule has 0 aliphatic heterocycles. The highest BCUT2D eigenvalue weighted by Crippen LogP contribution is 2.12. The van der Waals surface area contributed by atoms with E-state index in [1.54, 1.807) is 26.1 Å². The van der Waals surface area contributed by atoms with Crippen molar-refractivity contribution in [2.75, 3.05) is 6.61 Å². The normalized spacial score (nSPS) is 15.3. The zero-order valence-electron chi connectivity index (χ0n) is 20.0. The molecule has 176 valence electrons. The zero-order valence-corrected chi connectivity index (χ0v) is 20.0. The maximum absolute atomic E-state index is 13.0. The second-order valence-electron chi connectivity index (χ2n) is 8.11. The minimum absolute atomic E-state index is 0.0597. The molecule has 0 heterocycles. The Labute approximate surface area is 191 Å². The van der Waals surface area contributed by atoms with E-state index in [1.807, 2.05) is 64.1 Å². The van der Waals surface area contributed by atoms with E-state index in [1.165, 1.54) is 0 Å². The van der Waals surface area contributed by atoms with E-state index < -0.39 is 30.0 Å². The lowest BCUT2D eigenvalue weighted by Gasteiger charge is -2.27. The molecule has 0 saturated carbocycles. The molecule has 0 aromatic heterocycles. The van der Waals surface area contributed by atoms with E-state index in [9.17, 15) is 14.4 Å². The molecule has 32 heavy (non-hydrogen) atoms. The van der Waals surface area contributed by atoms with Crippen LogP contribution < -0.4 is 10.6 Å². The highest BCUT2D eigenvalue weighted by atomic mass is 16.5. The van der Waals surface area contributed by atoms with Gasteiger partial charge < -0.3 is 15.4 Å². The van der Waals surface area contributed by atoms with E-state index in [0.29, 0.717) is 6.42 Å². The van der Waals surface area contributed by atoms with Gasteiger partial charge in [-0.1, -0.05) is 70.5 Å². The number of carbonyl (C=O) groups excluding carboxylic acids is 3. The van der Waals surface area contributed by atoms with Gasteiger partial charge in [-0.25, -0.2) is 4.79 Å². The quantitative estimate of drug-likeness (QED) is 0.382. The van der Waals surface area contributed by atoms with E-state index in [2.05, 4.69) is 15.6 Å². The van der Waals surface area contributed by atoms with Gasteiger partial charge >= 0.3 is 5.97 Å². The van der Waals surface area contributed by atoms with Gasteiger partial charge in [0, 0.05) is 6.21 Å². The number of nitrogens with zero attached hydrogens (tertiary/aromatic N) is 1. The second kappa shape index (κ2) is 14.2. The van der Waals surface area contributed by atoms with Gasteiger partial charge in [-0.3, -0.25) is 14.6 Å². The van der Waals surface area contributed by atoms with Crippen molar-refractivity contribution in [1.29, 1.82) is 0 Å².